The molecule has 0 radical (unpaired) electrons. The number of rotatable bonds is 5. The molecule has 0 aliphatic carbocycles. The van der Waals surface area contributed by atoms with Gasteiger partial charge in [0.25, 0.3) is 0 Å². The van der Waals surface area contributed by atoms with Crippen LogP contribution in [-0.4, -0.2) is 11.7 Å². The Labute approximate surface area is 111 Å². The maximum absolute atomic E-state index is 5.16. The molecule has 16 heavy (non-hydrogen) atoms. The van der Waals surface area contributed by atoms with Gasteiger partial charge in [0.05, 0.1) is 0 Å². The molecule has 0 bridgehead atoms. The van der Waals surface area contributed by atoms with Crippen molar-refractivity contribution in [2.24, 2.45) is 0 Å². The Morgan fingerprint density at radius 1 is 1.25 bits per heavy atom. The molecule has 0 spiro atoms. The van der Waals surface area contributed by atoms with Gasteiger partial charge in [-0.1, -0.05) is 41.4 Å². The summed E-state index contributed by atoms with van der Waals surface area (Å²) in [5.41, 5.74) is 1.22. The van der Waals surface area contributed by atoms with Gasteiger partial charge in [0.2, 0.25) is 0 Å². The molecule has 0 unspecified atom stereocenters. The van der Waals surface area contributed by atoms with Crippen molar-refractivity contribution in [2.75, 3.05) is 6.54 Å². The van der Waals surface area contributed by atoms with Crippen LogP contribution in [0.5, 0.6) is 0 Å². The number of hydrogen-bond acceptors (Lipinski definition) is 1. The number of nitrogens with one attached hydrogen (secondary N) is 2. The fourth-order valence-corrected chi connectivity index (χ4v) is 1.66. The first-order chi connectivity index (χ1) is 7.72. The van der Waals surface area contributed by atoms with Crippen molar-refractivity contribution < 1.29 is 0 Å². The molecule has 1 aromatic carbocycles. The third-order valence-electron chi connectivity index (χ3n) is 2.18. The van der Waals surface area contributed by atoms with Crippen LogP contribution in [0.25, 0.3) is 0 Å². The molecule has 0 aliphatic rings. The van der Waals surface area contributed by atoms with Gasteiger partial charge in [-0.2, -0.15) is 0 Å². The maximum Gasteiger partial charge on any atom is 0.166 e. The molecular weight excluding hydrogens is 284 g/mol. The van der Waals surface area contributed by atoms with Crippen molar-refractivity contribution >= 4 is 33.3 Å². The van der Waals surface area contributed by atoms with E-state index in [4.69, 9.17) is 12.2 Å². The quantitative estimate of drug-likeness (QED) is 0.645. The highest BCUT2D eigenvalue weighted by Gasteiger charge is 1.95. The zero-order chi connectivity index (χ0) is 11.8. The van der Waals surface area contributed by atoms with Crippen LogP contribution in [0.4, 0.5) is 0 Å². The lowest BCUT2D eigenvalue weighted by Crippen LogP contribution is -2.35. The highest BCUT2D eigenvalue weighted by molar-refractivity contribution is 9.10. The molecule has 0 fully saturated rings. The van der Waals surface area contributed by atoms with Gasteiger partial charge in [0.1, 0.15) is 0 Å². The van der Waals surface area contributed by atoms with Gasteiger partial charge < -0.3 is 10.6 Å². The first-order valence-corrected chi connectivity index (χ1v) is 6.68. The lowest BCUT2D eigenvalue weighted by molar-refractivity contribution is 0.739. The van der Waals surface area contributed by atoms with Crippen LogP contribution < -0.4 is 10.6 Å². The number of halogens is 1. The maximum atomic E-state index is 5.16. The van der Waals surface area contributed by atoms with Crippen molar-refractivity contribution in [2.45, 2.75) is 26.3 Å². The Kier molecular flexibility index (Phi) is 6.42. The van der Waals surface area contributed by atoms with E-state index in [1.54, 1.807) is 0 Å². The van der Waals surface area contributed by atoms with Gasteiger partial charge in [-0.3, -0.25) is 0 Å². The van der Waals surface area contributed by atoms with E-state index in [-0.39, 0.29) is 0 Å². The third-order valence-corrected chi connectivity index (χ3v) is 3.00. The highest BCUT2D eigenvalue weighted by atomic mass is 79.9. The van der Waals surface area contributed by atoms with Crippen LogP contribution in [0.3, 0.4) is 0 Å². The van der Waals surface area contributed by atoms with Crippen molar-refractivity contribution in [3.8, 4) is 0 Å². The van der Waals surface area contributed by atoms with E-state index in [0.29, 0.717) is 0 Å². The largest absolute Gasteiger partial charge is 0.363 e. The van der Waals surface area contributed by atoms with Gasteiger partial charge in [-0.05, 0) is 36.3 Å². The van der Waals surface area contributed by atoms with Gasteiger partial charge in [-0.25, -0.2) is 0 Å². The lowest BCUT2D eigenvalue weighted by atomic mass is 10.2. The zero-order valence-corrected chi connectivity index (χ0v) is 11.8. The number of hydrogen-bond donors (Lipinski definition) is 2. The smallest absolute Gasteiger partial charge is 0.166 e. The minimum atomic E-state index is 0.733. The first-order valence-electron chi connectivity index (χ1n) is 5.48. The fourth-order valence-electron chi connectivity index (χ4n) is 1.23. The normalized spacial score (nSPS) is 9.88. The lowest BCUT2D eigenvalue weighted by Gasteiger charge is -2.09. The summed E-state index contributed by atoms with van der Waals surface area (Å²) in [4.78, 5) is 0. The summed E-state index contributed by atoms with van der Waals surface area (Å²) in [6, 6.07) is 8.21. The summed E-state index contributed by atoms with van der Waals surface area (Å²) in [6.07, 6.45) is 2.34. The summed E-state index contributed by atoms with van der Waals surface area (Å²) < 4.78 is 1.10. The molecule has 0 saturated heterocycles. The summed E-state index contributed by atoms with van der Waals surface area (Å²) in [5.74, 6) is 0. The third kappa shape index (κ3) is 5.47. The Morgan fingerprint density at radius 2 is 1.94 bits per heavy atom. The molecular formula is C12H17BrN2S. The number of thiocarbonyl (C=S) groups is 1. The molecule has 0 saturated carbocycles. The van der Waals surface area contributed by atoms with E-state index >= 15 is 0 Å². The van der Waals surface area contributed by atoms with Gasteiger partial charge in [0, 0.05) is 17.6 Å². The molecule has 1 rings (SSSR count). The van der Waals surface area contributed by atoms with Gasteiger partial charge >= 0.3 is 0 Å². The van der Waals surface area contributed by atoms with Crippen LogP contribution in [0.1, 0.15) is 25.3 Å². The van der Waals surface area contributed by atoms with E-state index in [0.717, 1.165) is 29.1 Å². The molecule has 1 aromatic rings. The Morgan fingerprint density at radius 3 is 2.56 bits per heavy atom. The monoisotopic (exact) mass is 300 g/mol. The molecule has 88 valence electrons. The summed E-state index contributed by atoms with van der Waals surface area (Å²) in [6.45, 7) is 3.88. The second-order valence-corrected chi connectivity index (χ2v) is 4.91. The van der Waals surface area contributed by atoms with Crippen molar-refractivity contribution in [1.29, 1.82) is 0 Å². The Balaban J connectivity index is 2.23. The van der Waals surface area contributed by atoms with Crippen LogP contribution in [0.2, 0.25) is 0 Å². The van der Waals surface area contributed by atoms with Crippen LogP contribution in [0.15, 0.2) is 28.7 Å². The molecule has 4 heteroatoms. The molecule has 0 aromatic heterocycles. The van der Waals surface area contributed by atoms with Crippen molar-refractivity contribution in [1.82, 2.24) is 10.6 Å². The SMILES string of the molecule is CCCCNC(=S)NCc1ccc(Br)cc1. The van der Waals surface area contributed by atoms with Crippen LogP contribution in [0, 0.1) is 0 Å². The van der Waals surface area contributed by atoms with E-state index in [2.05, 4.69) is 45.6 Å². The minimum Gasteiger partial charge on any atom is -0.363 e. The average molecular weight is 301 g/mol. The predicted molar refractivity (Wildman–Crippen MR) is 76.5 cm³/mol. The topological polar surface area (TPSA) is 24.1 Å². The summed E-state index contributed by atoms with van der Waals surface area (Å²) in [5, 5.41) is 7.09. The van der Waals surface area contributed by atoms with E-state index in [1.807, 2.05) is 12.1 Å². The molecule has 0 aliphatic heterocycles. The van der Waals surface area contributed by atoms with Crippen molar-refractivity contribution in [3.05, 3.63) is 34.3 Å². The molecule has 2 N–H and O–H groups in total. The predicted octanol–water partition coefficient (Wildman–Crippen LogP) is 3.21. The van der Waals surface area contributed by atoms with E-state index in [9.17, 15) is 0 Å². The number of unbranched alkanes of at least 4 members (excludes halogenated alkanes) is 1. The van der Waals surface area contributed by atoms with Crippen LogP contribution in [-0.2, 0) is 6.54 Å². The second-order valence-electron chi connectivity index (χ2n) is 3.59. The van der Waals surface area contributed by atoms with E-state index in [1.165, 1.54) is 12.0 Å². The van der Waals surface area contributed by atoms with Gasteiger partial charge in [0.15, 0.2) is 5.11 Å². The number of benzene rings is 1. The Bertz CT molecular complexity index is 324. The molecule has 0 amide bonds. The molecule has 2 nitrogen and oxygen atoms in total. The Hall–Kier alpha value is -0.610. The van der Waals surface area contributed by atoms with E-state index < -0.39 is 0 Å². The van der Waals surface area contributed by atoms with Crippen LogP contribution >= 0.6 is 28.1 Å². The average Bonchev–Trinajstić information content (AvgIpc) is 2.29. The summed E-state index contributed by atoms with van der Waals surface area (Å²) in [7, 11) is 0. The van der Waals surface area contributed by atoms with Crippen molar-refractivity contribution in [3.63, 3.8) is 0 Å². The minimum absolute atomic E-state index is 0.733. The standard InChI is InChI=1S/C12H17BrN2S/c1-2-3-8-14-12(16)15-9-10-4-6-11(13)7-5-10/h4-7H,2-3,8-9H2,1H3,(H2,14,15,16). The fraction of sp³-hybridized carbons (Fsp3) is 0.417. The molecule has 0 atom stereocenters. The molecule has 0 heterocycles. The summed E-state index contributed by atoms with van der Waals surface area (Å²) >= 11 is 8.57. The highest BCUT2D eigenvalue weighted by Crippen LogP contribution is 2.09. The second kappa shape index (κ2) is 7.63. The first kappa shape index (κ1) is 13.5. The van der Waals surface area contributed by atoms with Gasteiger partial charge in [-0.15, -0.1) is 0 Å². The zero-order valence-electron chi connectivity index (χ0n) is 9.42.